The van der Waals surface area contributed by atoms with Crippen LogP contribution in [0.4, 0.5) is 15.8 Å². The molecule has 0 N–H and O–H groups in total. The van der Waals surface area contributed by atoms with E-state index in [0.717, 1.165) is 47.7 Å². The molecule has 2 saturated heterocycles. The maximum Gasteiger partial charge on any atom is 0.167 e. The number of nitrogens with zero attached hydrogens (tertiary/aromatic N) is 7. The number of halogens is 1. The fourth-order valence-electron chi connectivity index (χ4n) is 5.64. The van der Waals surface area contributed by atoms with Gasteiger partial charge in [0.1, 0.15) is 0 Å². The van der Waals surface area contributed by atoms with Crippen molar-refractivity contribution in [3.05, 3.63) is 53.7 Å². The summed E-state index contributed by atoms with van der Waals surface area (Å²) in [7, 11) is 3.67. The normalized spacial score (nSPS) is 18.8. The Morgan fingerprint density at radius 2 is 1.92 bits per heavy atom. The molecular formula is C28H36FN7O. The molecule has 2 aliphatic heterocycles. The average Bonchev–Trinajstić information content (AvgIpc) is 3.21. The Bertz CT molecular complexity index is 1300. The van der Waals surface area contributed by atoms with Crippen LogP contribution in [0.3, 0.4) is 0 Å². The molecule has 0 atom stereocenters. The molecule has 4 heterocycles. The monoisotopic (exact) mass is 505 g/mol. The minimum absolute atomic E-state index is 0.157. The van der Waals surface area contributed by atoms with Crippen LogP contribution in [0.25, 0.3) is 11.2 Å². The summed E-state index contributed by atoms with van der Waals surface area (Å²) in [5.74, 6) is -0.317. The van der Waals surface area contributed by atoms with Crippen LogP contribution in [-0.2, 0) is 0 Å². The van der Waals surface area contributed by atoms with Crippen molar-refractivity contribution in [2.75, 3.05) is 58.3 Å². The number of methoxy groups -OCH3 is 1. The van der Waals surface area contributed by atoms with E-state index < -0.39 is 5.82 Å². The number of fused-ring (bicyclic) bond motifs is 1. The highest BCUT2D eigenvalue weighted by Gasteiger charge is 2.26. The minimum Gasteiger partial charge on any atom is -0.494 e. The Labute approximate surface area is 218 Å². The molecule has 1 aromatic carbocycles. The third-order valence-corrected chi connectivity index (χ3v) is 7.75. The third-order valence-electron chi connectivity index (χ3n) is 7.75. The molecule has 3 aromatic rings. The molecule has 8 nitrogen and oxygen atoms in total. The number of likely N-dealkylation sites (N-methyl/N-ethyl adjacent to an activating group) is 1. The minimum atomic E-state index is -0.473. The van der Waals surface area contributed by atoms with Crippen molar-refractivity contribution in [1.29, 1.82) is 0 Å². The Balaban J connectivity index is 1.35. The number of benzene rings is 1. The summed E-state index contributed by atoms with van der Waals surface area (Å²) in [4.78, 5) is 16.4. The molecule has 37 heavy (non-hydrogen) atoms. The van der Waals surface area contributed by atoms with E-state index in [-0.39, 0.29) is 5.75 Å². The van der Waals surface area contributed by atoms with Crippen LogP contribution >= 0.6 is 0 Å². The van der Waals surface area contributed by atoms with E-state index in [1.54, 1.807) is 12.3 Å². The number of anilines is 1. The summed E-state index contributed by atoms with van der Waals surface area (Å²) >= 11 is 0. The van der Waals surface area contributed by atoms with Crippen molar-refractivity contribution >= 4 is 29.3 Å². The number of hydrogen-bond donors (Lipinski definition) is 0. The molecule has 0 amide bonds. The van der Waals surface area contributed by atoms with Gasteiger partial charge in [-0.05, 0) is 64.7 Å². The first-order valence-electron chi connectivity index (χ1n) is 13.0. The zero-order chi connectivity index (χ0) is 25.9. The zero-order valence-electron chi connectivity index (χ0n) is 22.0. The van der Waals surface area contributed by atoms with Crippen molar-refractivity contribution < 1.29 is 9.13 Å². The summed E-state index contributed by atoms with van der Waals surface area (Å²) in [6, 6.07) is 3.66. The fourth-order valence-corrected chi connectivity index (χ4v) is 5.64. The molecule has 9 heteroatoms. The van der Waals surface area contributed by atoms with E-state index in [9.17, 15) is 4.39 Å². The highest BCUT2D eigenvalue weighted by Crippen LogP contribution is 2.37. The van der Waals surface area contributed by atoms with Crippen molar-refractivity contribution in [3.63, 3.8) is 0 Å². The number of rotatable bonds is 6. The second kappa shape index (κ2) is 11.0. The van der Waals surface area contributed by atoms with Gasteiger partial charge in [0.2, 0.25) is 0 Å². The fraction of sp³-hybridized carbons (Fsp3) is 0.464. The van der Waals surface area contributed by atoms with Gasteiger partial charge in [0.25, 0.3) is 0 Å². The van der Waals surface area contributed by atoms with Gasteiger partial charge in [-0.2, -0.15) is 5.10 Å². The Hall–Kier alpha value is -3.30. The molecule has 5 rings (SSSR count). The Kier molecular flexibility index (Phi) is 7.53. The lowest BCUT2D eigenvalue weighted by Gasteiger charge is -2.39. The van der Waals surface area contributed by atoms with E-state index >= 15 is 0 Å². The highest BCUT2D eigenvalue weighted by atomic mass is 19.1. The lowest BCUT2D eigenvalue weighted by molar-refractivity contribution is 0.174. The van der Waals surface area contributed by atoms with Gasteiger partial charge in [-0.3, -0.25) is 9.89 Å². The topological polar surface area (TPSA) is 61.5 Å². The van der Waals surface area contributed by atoms with Crippen LogP contribution in [0.2, 0.25) is 0 Å². The number of aliphatic imine (C=N–C) groups is 1. The van der Waals surface area contributed by atoms with Gasteiger partial charge in [-0.15, -0.1) is 0 Å². The van der Waals surface area contributed by atoms with Gasteiger partial charge >= 0.3 is 0 Å². The zero-order valence-corrected chi connectivity index (χ0v) is 22.0. The van der Waals surface area contributed by atoms with E-state index in [1.807, 2.05) is 23.7 Å². The second-order valence-corrected chi connectivity index (χ2v) is 9.91. The molecule has 2 aromatic heterocycles. The molecule has 0 radical (unpaired) electrons. The molecule has 0 bridgehead atoms. The quantitative estimate of drug-likeness (QED) is 0.467. The SMILES string of the molecule is C=Nc1cc(F)c(OC)cc1/C(=C\C)c1cnn2cc(N3CCC(N4CCCN(C)CC4)CC3)cnc12. The second-order valence-electron chi connectivity index (χ2n) is 9.91. The van der Waals surface area contributed by atoms with E-state index in [0.29, 0.717) is 11.7 Å². The van der Waals surface area contributed by atoms with Crippen molar-refractivity contribution in [2.45, 2.75) is 32.2 Å². The first-order chi connectivity index (χ1) is 18.0. The van der Waals surface area contributed by atoms with Gasteiger partial charge in [0.05, 0.1) is 37.1 Å². The number of hydrogen-bond acceptors (Lipinski definition) is 7. The van der Waals surface area contributed by atoms with Gasteiger partial charge in [-0.25, -0.2) is 13.9 Å². The maximum atomic E-state index is 14.3. The van der Waals surface area contributed by atoms with Crippen LogP contribution < -0.4 is 9.64 Å². The summed E-state index contributed by atoms with van der Waals surface area (Å²) in [6.45, 7) is 12.3. The molecule has 196 valence electrons. The molecule has 0 spiro atoms. The highest BCUT2D eigenvalue weighted by molar-refractivity contribution is 5.90. The van der Waals surface area contributed by atoms with Crippen molar-refractivity contribution in [1.82, 2.24) is 24.4 Å². The third kappa shape index (κ3) is 5.10. The van der Waals surface area contributed by atoms with Crippen LogP contribution in [0.5, 0.6) is 5.75 Å². The lowest BCUT2D eigenvalue weighted by Crippen LogP contribution is -2.46. The Morgan fingerprint density at radius 1 is 1.11 bits per heavy atom. The molecule has 0 unspecified atom stereocenters. The first-order valence-corrected chi connectivity index (χ1v) is 13.0. The van der Waals surface area contributed by atoms with E-state index in [2.05, 4.69) is 44.8 Å². The average molecular weight is 506 g/mol. The maximum absolute atomic E-state index is 14.3. The Morgan fingerprint density at radius 3 is 2.65 bits per heavy atom. The van der Waals surface area contributed by atoms with Gasteiger partial charge in [-0.1, -0.05) is 6.08 Å². The largest absolute Gasteiger partial charge is 0.494 e. The summed E-state index contributed by atoms with van der Waals surface area (Å²) in [5, 5.41) is 4.61. The van der Waals surface area contributed by atoms with Gasteiger partial charge < -0.3 is 14.5 Å². The summed E-state index contributed by atoms with van der Waals surface area (Å²) in [6.07, 6.45) is 11.3. The molecule has 2 aliphatic rings. The summed E-state index contributed by atoms with van der Waals surface area (Å²) < 4.78 is 21.3. The van der Waals surface area contributed by atoms with Crippen molar-refractivity contribution in [3.8, 4) is 5.75 Å². The smallest absolute Gasteiger partial charge is 0.167 e. The predicted octanol–water partition coefficient (Wildman–Crippen LogP) is 4.27. The van der Waals surface area contributed by atoms with Crippen LogP contribution in [0.15, 0.2) is 41.8 Å². The number of allylic oxidation sites excluding steroid dienone is 1. The molecule has 0 saturated carbocycles. The number of piperidine rings is 1. The van der Waals surface area contributed by atoms with Gasteiger partial charge in [0.15, 0.2) is 17.2 Å². The summed E-state index contributed by atoms with van der Waals surface area (Å²) in [5.41, 5.74) is 4.67. The van der Waals surface area contributed by atoms with Crippen LogP contribution in [-0.4, -0.2) is 90.6 Å². The van der Waals surface area contributed by atoms with Crippen LogP contribution in [0, 0.1) is 5.82 Å². The first kappa shape index (κ1) is 25.4. The molecule has 2 fully saturated rings. The lowest BCUT2D eigenvalue weighted by atomic mass is 9.97. The number of aromatic nitrogens is 3. The van der Waals surface area contributed by atoms with E-state index in [4.69, 9.17) is 9.72 Å². The standard InChI is InChI=1S/C28H36FN7O/c1-5-22(23-15-27(37-4)25(29)16-26(23)30-2)24-18-32-36-19-21(17-31-28(24)36)35-11-7-20(8-12-35)34-10-6-9-33(3)13-14-34/h5,15-20H,2,6-14H2,1,3-4H3/b22-5+. The van der Waals surface area contributed by atoms with Crippen LogP contribution in [0.1, 0.15) is 37.3 Å². The molecule has 0 aliphatic carbocycles. The van der Waals surface area contributed by atoms with Gasteiger partial charge in [0, 0.05) is 49.4 Å². The predicted molar refractivity (Wildman–Crippen MR) is 147 cm³/mol. The number of ether oxygens (including phenoxy) is 1. The molecular weight excluding hydrogens is 469 g/mol. The van der Waals surface area contributed by atoms with Crippen molar-refractivity contribution in [2.24, 2.45) is 4.99 Å². The van der Waals surface area contributed by atoms with E-state index in [1.165, 1.54) is 52.1 Å².